The summed E-state index contributed by atoms with van der Waals surface area (Å²) < 4.78 is 12.9. The van der Waals surface area contributed by atoms with E-state index < -0.39 is 0 Å². The maximum absolute atomic E-state index is 12.9. The Bertz CT molecular complexity index is 350. The van der Waals surface area contributed by atoms with Gasteiger partial charge in [0.15, 0.2) is 0 Å². The van der Waals surface area contributed by atoms with Gasteiger partial charge in [0.1, 0.15) is 5.82 Å². The van der Waals surface area contributed by atoms with E-state index in [1.165, 1.54) is 5.56 Å². The van der Waals surface area contributed by atoms with Crippen molar-refractivity contribution >= 4 is 0 Å². The van der Waals surface area contributed by atoms with Crippen molar-refractivity contribution in [3.05, 3.63) is 35.6 Å². The van der Waals surface area contributed by atoms with E-state index in [2.05, 4.69) is 19.2 Å². The first-order chi connectivity index (χ1) is 8.22. The second-order valence-electron chi connectivity index (χ2n) is 4.71. The molecule has 2 rings (SSSR count). The molecule has 0 bridgehead atoms. The highest BCUT2D eigenvalue weighted by Gasteiger charge is 2.29. The van der Waals surface area contributed by atoms with Gasteiger partial charge in [0.25, 0.3) is 0 Å². The SMILES string of the molecule is CCC(c1ccc(F)cc1)C1[N]CCNC1C. The maximum Gasteiger partial charge on any atom is 0.123 e. The summed E-state index contributed by atoms with van der Waals surface area (Å²) in [5.74, 6) is 0.216. The Hall–Kier alpha value is -0.930. The highest BCUT2D eigenvalue weighted by atomic mass is 19.1. The molecule has 1 heterocycles. The van der Waals surface area contributed by atoms with Gasteiger partial charge in [0, 0.05) is 31.1 Å². The average Bonchev–Trinajstić information content (AvgIpc) is 2.35. The van der Waals surface area contributed by atoms with Gasteiger partial charge < -0.3 is 5.32 Å². The van der Waals surface area contributed by atoms with Crippen molar-refractivity contribution in [3.8, 4) is 0 Å². The first-order valence-corrected chi connectivity index (χ1v) is 6.38. The number of hydrogen-bond acceptors (Lipinski definition) is 1. The molecule has 3 atom stereocenters. The summed E-state index contributed by atoms with van der Waals surface area (Å²) in [6.07, 6.45) is 1.03. The Morgan fingerprint density at radius 3 is 2.71 bits per heavy atom. The number of piperazine rings is 1. The van der Waals surface area contributed by atoms with Crippen molar-refractivity contribution in [2.75, 3.05) is 13.1 Å². The largest absolute Gasteiger partial charge is 0.311 e. The molecule has 0 amide bonds. The van der Waals surface area contributed by atoms with E-state index in [0.29, 0.717) is 18.0 Å². The molecule has 1 aliphatic heterocycles. The zero-order chi connectivity index (χ0) is 12.3. The molecular formula is C14H20FN2. The summed E-state index contributed by atoms with van der Waals surface area (Å²) >= 11 is 0. The van der Waals surface area contributed by atoms with E-state index in [1.807, 2.05) is 12.1 Å². The summed E-state index contributed by atoms with van der Waals surface area (Å²) in [7, 11) is 0. The number of rotatable bonds is 3. The fourth-order valence-electron chi connectivity index (χ4n) is 2.64. The van der Waals surface area contributed by atoms with Crippen LogP contribution in [0, 0.1) is 5.82 Å². The van der Waals surface area contributed by atoms with Crippen molar-refractivity contribution in [2.45, 2.75) is 38.3 Å². The Balaban J connectivity index is 2.17. The molecule has 0 spiro atoms. The van der Waals surface area contributed by atoms with Crippen LogP contribution >= 0.6 is 0 Å². The quantitative estimate of drug-likeness (QED) is 0.854. The van der Waals surface area contributed by atoms with Crippen LogP contribution in [0.4, 0.5) is 4.39 Å². The normalized spacial score (nSPS) is 26.8. The molecule has 3 heteroatoms. The number of nitrogens with one attached hydrogen (secondary N) is 1. The van der Waals surface area contributed by atoms with E-state index in [9.17, 15) is 4.39 Å². The van der Waals surface area contributed by atoms with Crippen LogP contribution in [0.5, 0.6) is 0 Å². The molecule has 1 saturated heterocycles. The Morgan fingerprint density at radius 2 is 2.12 bits per heavy atom. The van der Waals surface area contributed by atoms with E-state index >= 15 is 0 Å². The molecule has 0 aliphatic carbocycles. The smallest absolute Gasteiger partial charge is 0.123 e. The molecule has 1 aromatic carbocycles. The van der Waals surface area contributed by atoms with Crippen LogP contribution in [0.3, 0.4) is 0 Å². The first-order valence-electron chi connectivity index (χ1n) is 6.38. The molecular weight excluding hydrogens is 215 g/mol. The second kappa shape index (κ2) is 5.61. The fraction of sp³-hybridized carbons (Fsp3) is 0.571. The van der Waals surface area contributed by atoms with Crippen molar-refractivity contribution in [1.29, 1.82) is 0 Å². The maximum atomic E-state index is 12.9. The van der Waals surface area contributed by atoms with Gasteiger partial charge in [-0.3, -0.25) is 0 Å². The summed E-state index contributed by atoms with van der Waals surface area (Å²) in [6, 6.07) is 7.57. The predicted molar refractivity (Wildman–Crippen MR) is 67.7 cm³/mol. The third-order valence-corrected chi connectivity index (χ3v) is 3.58. The summed E-state index contributed by atoms with van der Waals surface area (Å²) in [5.41, 5.74) is 1.19. The van der Waals surface area contributed by atoms with E-state index in [-0.39, 0.29) is 5.82 Å². The highest BCUT2D eigenvalue weighted by Crippen LogP contribution is 2.27. The molecule has 1 radical (unpaired) electrons. The standard InChI is InChI=1S/C14H20FN2/c1-3-13(11-4-6-12(15)7-5-11)14-10(2)16-8-9-17-14/h4-7,10,13-14,16H,3,8-9H2,1-2H3. The monoisotopic (exact) mass is 235 g/mol. The minimum atomic E-state index is -0.171. The van der Waals surface area contributed by atoms with Gasteiger partial charge in [0.05, 0.1) is 0 Å². The number of hydrogen-bond donors (Lipinski definition) is 1. The fourth-order valence-corrected chi connectivity index (χ4v) is 2.64. The third kappa shape index (κ3) is 2.85. The van der Waals surface area contributed by atoms with Gasteiger partial charge in [-0.05, 0) is 31.0 Å². The minimum Gasteiger partial charge on any atom is -0.311 e. The van der Waals surface area contributed by atoms with Crippen LogP contribution in [-0.4, -0.2) is 25.2 Å². The summed E-state index contributed by atoms with van der Waals surface area (Å²) in [6.45, 7) is 6.20. The second-order valence-corrected chi connectivity index (χ2v) is 4.71. The predicted octanol–water partition coefficient (Wildman–Crippen LogP) is 2.28. The lowest BCUT2D eigenvalue weighted by molar-refractivity contribution is 0.287. The van der Waals surface area contributed by atoms with Gasteiger partial charge in [0.2, 0.25) is 0 Å². The van der Waals surface area contributed by atoms with Crippen LogP contribution in [0.2, 0.25) is 0 Å². The number of nitrogens with zero attached hydrogens (tertiary/aromatic N) is 1. The molecule has 93 valence electrons. The molecule has 1 aromatic rings. The third-order valence-electron chi connectivity index (χ3n) is 3.58. The van der Waals surface area contributed by atoms with Crippen molar-refractivity contribution < 1.29 is 4.39 Å². The number of halogens is 1. The Morgan fingerprint density at radius 1 is 1.41 bits per heavy atom. The molecule has 1 N–H and O–H groups in total. The zero-order valence-corrected chi connectivity index (χ0v) is 10.5. The van der Waals surface area contributed by atoms with E-state index in [1.54, 1.807) is 12.1 Å². The molecule has 17 heavy (non-hydrogen) atoms. The molecule has 3 unspecified atom stereocenters. The topological polar surface area (TPSA) is 26.1 Å². The first kappa shape index (κ1) is 12.5. The van der Waals surface area contributed by atoms with Gasteiger partial charge in [-0.1, -0.05) is 19.1 Å². The molecule has 0 aromatic heterocycles. The van der Waals surface area contributed by atoms with E-state index in [4.69, 9.17) is 5.32 Å². The van der Waals surface area contributed by atoms with Crippen LogP contribution in [0.25, 0.3) is 0 Å². The van der Waals surface area contributed by atoms with Crippen molar-refractivity contribution in [1.82, 2.24) is 10.6 Å². The van der Waals surface area contributed by atoms with Crippen molar-refractivity contribution in [3.63, 3.8) is 0 Å². The highest BCUT2D eigenvalue weighted by molar-refractivity contribution is 5.23. The summed E-state index contributed by atoms with van der Waals surface area (Å²) in [4.78, 5) is 0. The van der Waals surface area contributed by atoms with Gasteiger partial charge in [-0.2, -0.15) is 0 Å². The average molecular weight is 235 g/mol. The lowest BCUT2D eigenvalue weighted by Crippen LogP contribution is -2.53. The van der Waals surface area contributed by atoms with Crippen LogP contribution in [0.15, 0.2) is 24.3 Å². The molecule has 1 aliphatic rings. The molecule has 1 fully saturated rings. The van der Waals surface area contributed by atoms with Crippen molar-refractivity contribution in [2.24, 2.45) is 0 Å². The molecule has 2 nitrogen and oxygen atoms in total. The number of benzene rings is 1. The minimum absolute atomic E-state index is 0.171. The summed E-state index contributed by atoms with van der Waals surface area (Å²) in [5, 5.41) is 8.18. The van der Waals surface area contributed by atoms with Crippen LogP contribution in [0.1, 0.15) is 31.7 Å². The van der Waals surface area contributed by atoms with Gasteiger partial charge >= 0.3 is 0 Å². The van der Waals surface area contributed by atoms with Crippen LogP contribution in [-0.2, 0) is 0 Å². The molecule has 0 saturated carbocycles. The zero-order valence-electron chi connectivity index (χ0n) is 10.5. The Labute approximate surface area is 103 Å². The van der Waals surface area contributed by atoms with E-state index in [0.717, 1.165) is 19.5 Å². The van der Waals surface area contributed by atoms with Gasteiger partial charge in [-0.25, -0.2) is 9.71 Å². The Kier molecular flexibility index (Phi) is 4.13. The van der Waals surface area contributed by atoms with Crippen LogP contribution < -0.4 is 10.6 Å². The lowest BCUT2D eigenvalue weighted by Gasteiger charge is -2.35. The van der Waals surface area contributed by atoms with Gasteiger partial charge in [-0.15, -0.1) is 0 Å². The lowest BCUT2D eigenvalue weighted by atomic mass is 9.84.